The van der Waals surface area contributed by atoms with Crippen LogP contribution in [-0.4, -0.2) is 45.7 Å². The Labute approximate surface area is 205 Å². The number of carbonyl (C=O) groups excluding carboxylic acids is 3. The molecule has 2 atom stereocenters. The van der Waals surface area contributed by atoms with Crippen LogP contribution in [0.1, 0.15) is 42.5 Å². The van der Waals surface area contributed by atoms with Crippen molar-refractivity contribution in [2.75, 3.05) is 7.11 Å². The highest BCUT2D eigenvalue weighted by Crippen LogP contribution is 2.38. The molecule has 1 amide bonds. The lowest BCUT2D eigenvalue weighted by molar-refractivity contribution is -0.172. The van der Waals surface area contributed by atoms with Crippen molar-refractivity contribution in [2.45, 2.75) is 51.5 Å². The van der Waals surface area contributed by atoms with E-state index in [1.165, 1.54) is 14.0 Å². The third kappa shape index (κ3) is 3.65. The number of aromatic nitrogens is 2. The Hall–Kier alpha value is -4.05. The molecule has 0 saturated heterocycles. The van der Waals surface area contributed by atoms with Crippen LogP contribution in [0.5, 0.6) is 0 Å². The fourth-order valence-corrected chi connectivity index (χ4v) is 4.98. The van der Waals surface area contributed by atoms with E-state index < -0.39 is 23.6 Å². The first-order valence-electron chi connectivity index (χ1n) is 11.6. The molecule has 0 spiro atoms. The summed E-state index contributed by atoms with van der Waals surface area (Å²) in [6, 6.07) is 8.31. The molecule has 2 N–H and O–H groups in total. The molecule has 1 aromatic carbocycles. The molecular weight excluding hydrogens is 466 g/mol. The summed E-state index contributed by atoms with van der Waals surface area (Å²) in [5.74, 6) is -1.63. The van der Waals surface area contributed by atoms with Crippen LogP contribution in [0.25, 0.3) is 22.3 Å². The topological polar surface area (TPSA) is 137 Å². The Bertz CT molecular complexity index is 1510. The zero-order valence-corrected chi connectivity index (χ0v) is 20.1. The second kappa shape index (κ2) is 8.56. The first-order chi connectivity index (χ1) is 17.2. The first-order valence-corrected chi connectivity index (χ1v) is 11.6. The Morgan fingerprint density at radius 1 is 1.28 bits per heavy atom. The SMILES string of the molecule is CC[C@@]1(O)C(=O)OCc2c1cc1n(c2=O)Cc2cc3cc(CC(NC(C)=O)C(=O)OC)ccc3nc2-1. The second-order valence-electron chi connectivity index (χ2n) is 9.11. The average Bonchev–Trinajstić information content (AvgIpc) is 3.21. The molecule has 2 aliphatic heterocycles. The van der Waals surface area contributed by atoms with Crippen molar-refractivity contribution in [3.63, 3.8) is 0 Å². The van der Waals surface area contributed by atoms with Gasteiger partial charge in [-0.3, -0.25) is 9.59 Å². The number of esters is 2. The number of hydrogen-bond donors (Lipinski definition) is 2. The molecule has 10 nitrogen and oxygen atoms in total. The largest absolute Gasteiger partial charge is 0.467 e. The van der Waals surface area contributed by atoms with E-state index in [0.29, 0.717) is 23.4 Å². The average molecular weight is 492 g/mol. The van der Waals surface area contributed by atoms with Gasteiger partial charge in [-0.05, 0) is 36.2 Å². The number of amides is 1. The summed E-state index contributed by atoms with van der Waals surface area (Å²) in [5.41, 5.74) is 1.80. The number of carbonyl (C=O) groups is 3. The maximum absolute atomic E-state index is 13.3. The van der Waals surface area contributed by atoms with Crippen molar-refractivity contribution in [1.29, 1.82) is 0 Å². The van der Waals surface area contributed by atoms with Gasteiger partial charge in [-0.2, -0.15) is 0 Å². The van der Waals surface area contributed by atoms with Crippen molar-refractivity contribution >= 4 is 28.7 Å². The fraction of sp³-hybridized carbons (Fsp3) is 0.346. The Morgan fingerprint density at radius 2 is 2.06 bits per heavy atom. The van der Waals surface area contributed by atoms with Crippen LogP contribution in [0.3, 0.4) is 0 Å². The molecule has 36 heavy (non-hydrogen) atoms. The smallest absolute Gasteiger partial charge is 0.343 e. The van der Waals surface area contributed by atoms with E-state index in [-0.39, 0.29) is 42.0 Å². The summed E-state index contributed by atoms with van der Waals surface area (Å²) in [6.07, 6.45) is 0.322. The van der Waals surface area contributed by atoms with Crippen molar-refractivity contribution in [3.8, 4) is 11.4 Å². The van der Waals surface area contributed by atoms with Gasteiger partial charge in [0.1, 0.15) is 12.6 Å². The van der Waals surface area contributed by atoms with Gasteiger partial charge < -0.3 is 24.5 Å². The van der Waals surface area contributed by atoms with Crippen molar-refractivity contribution in [1.82, 2.24) is 14.9 Å². The van der Waals surface area contributed by atoms with Gasteiger partial charge >= 0.3 is 11.9 Å². The maximum Gasteiger partial charge on any atom is 0.343 e. The first kappa shape index (κ1) is 23.7. The van der Waals surface area contributed by atoms with Crippen molar-refractivity contribution in [3.05, 3.63) is 62.9 Å². The van der Waals surface area contributed by atoms with Gasteiger partial charge in [0, 0.05) is 29.9 Å². The minimum absolute atomic E-state index is 0.0769. The molecule has 10 heteroatoms. The van der Waals surface area contributed by atoms with Gasteiger partial charge in [-0.25, -0.2) is 14.6 Å². The zero-order valence-electron chi connectivity index (χ0n) is 20.1. The molecule has 2 aliphatic rings. The summed E-state index contributed by atoms with van der Waals surface area (Å²) in [4.78, 5) is 54.0. The van der Waals surface area contributed by atoms with E-state index in [0.717, 1.165) is 16.5 Å². The number of fused-ring (bicyclic) bond motifs is 5. The van der Waals surface area contributed by atoms with Crippen LogP contribution in [0.4, 0.5) is 0 Å². The summed E-state index contributed by atoms with van der Waals surface area (Å²) in [6.45, 7) is 3.11. The van der Waals surface area contributed by atoms with Crippen LogP contribution in [0.15, 0.2) is 35.1 Å². The number of methoxy groups -OCH3 is 1. The van der Waals surface area contributed by atoms with E-state index in [1.807, 2.05) is 24.3 Å². The number of nitrogens with zero attached hydrogens (tertiary/aromatic N) is 2. The Kier molecular flexibility index (Phi) is 5.63. The van der Waals surface area contributed by atoms with Crippen LogP contribution in [0.2, 0.25) is 0 Å². The Morgan fingerprint density at radius 3 is 2.75 bits per heavy atom. The lowest BCUT2D eigenvalue weighted by Gasteiger charge is -2.31. The maximum atomic E-state index is 13.3. The number of cyclic esters (lactones) is 1. The van der Waals surface area contributed by atoms with E-state index in [9.17, 15) is 24.3 Å². The van der Waals surface area contributed by atoms with Crippen LogP contribution in [0, 0.1) is 0 Å². The van der Waals surface area contributed by atoms with E-state index >= 15 is 0 Å². The van der Waals surface area contributed by atoms with Crippen LogP contribution in [-0.2, 0) is 49.0 Å². The third-order valence-corrected chi connectivity index (χ3v) is 6.88. The summed E-state index contributed by atoms with van der Waals surface area (Å²) < 4.78 is 11.5. The van der Waals surface area contributed by atoms with Gasteiger partial charge in [0.2, 0.25) is 5.91 Å². The molecule has 186 valence electrons. The third-order valence-electron chi connectivity index (χ3n) is 6.88. The fourth-order valence-electron chi connectivity index (χ4n) is 4.98. The lowest BCUT2D eigenvalue weighted by Crippen LogP contribution is -2.44. The summed E-state index contributed by atoms with van der Waals surface area (Å²) in [7, 11) is 1.27. The van der Waals surface area contributed by atoms with Gasteiger partial charge in [0.05, 0.1) is 36.1 Å². The molecule has 0 saturated carbocycles. The standard InChI is InChI=1S/C26H25N3O7/c1-4-26(34)18-10-21-22-16(11-29(21)23(31)17(18)12-36-25(26)33)9-15-7-14(5-6-19(15)28-22)8-20(24(32)35-3)27-13(2)30/h5-7,9-10,20,34H,4,8,11-12H2,1-3H3,(H,27,30)/t20?,26-/m0/s1. The molecular formula is C26H25N3O7. The number of pyridine rings is 2. The number of ether oxygens (including phenoxy) is 2. The molecule has 4 heterocycles. The van der Waals surface area contributed by atoms with E-state index in [1.54, 1.807) is 17.6 Å². The van der Waals surface area contributed by atoms with Crippen molar-refractivity contribution in [2.24, 2.45) is 0 Å². The van der Waals surface area contributed by atoms with Gasteiger partial charge in [-0.15, -0.1) is 0 Å². The van der Waals surface area contributed by atoms with Gasteiger partial charge in [0.25, 0.3) is 5.56 Å². The molecule has 3 aromatic rings. The minimum Gasteiger partial charge on any atom is -0.467 e. The van der Waals surface area contributed by atoms with E-state index in [4.69, 9.17) is 14.5 Å². The minimum atomic E-state index is -1.87. The summed E-state index contributed by atoms with van der Waals surface area (Å²) >= 11 is 0. The van der Waals surface area contributed by atoms with Gasteiger partial charge in [0.15, 0.2) is 5.60 Å². The highest BCUT2D eigenvalue weighted by molar-refractivity contribution is 5.87. The second-order valence-corrected chi connectivity index (χ2v) is 9.11. The molecule has 0 bridgehead atoms. The summed E-state index contributed by atoms with van der Waals surface area (Å²) in [5, 5.41) is 14.4. The monoisotopic (exact) mass is 491 g/mol. The number of nitrogens with one attached hydrogen (secondary N) is 1. The molecule has 2 aromatic heterocycles. The number of benzene rings is 1. The number of aliphatic hydroxyl groups is 1. The molecule has 1 unspecified atom stereocenters. The molecule has 0 aliphatic carbocycles. The highest BCUT2D eigenvalue weighted by atomic mass is 16.6. The lowest BCUT2D eigenvalue weighted by atomic mass is 9.86. The van der Waals surface area contributed by atoms with Crippen molar-refractivity contribution < 1.29 is 29.0 Å². The van der Waals surface area contributed by atoms with Gasteiger partial charge in [-0.1, -0.05) is 13.0 Å². The predicted molar refractivity (Wildman–Crippen MR) is 128 cm³/mol. The normalized spacial score (nSPS) is 18.6. The zero-order chi connectivity index (χ0) is 25.8. The predicted octanol–water partition coefficient (Wildman–Crippen LogP) is 1.30. The number of rotatable bonds is 5. The molecule has 5 rings (SSSR count). The highest BCUT2D eigenvalue weighted by Gasteiger charge is 2.45. The quantitative estimate of drug-likeness (QED) is 0.399. The van der Waals surface area contributed by atoms with E-state index in [2.05, 4.69) is 5.32 Å². The molecule has 0 radical (unpaired) electrons. The molecule has 0 fully saturated rings. The Balaban J connectivity index is 1.56. The number of hydrogen-bond acceptors (Lipinski definition) is 8. The van der Waals surface area contributed by atoms with Crippen LogP contribution >= 0.6 is 0 Å². The van der Waals surface area contributed by atoms with Crippen LogP contribution < -0.4 is 10.9 Å².